The lowest BCUT2D eigenvalue weighted by Crippen LogP contribution is -2.55. The summed E-state index contributed by atoms with van der Waals surface area (Å²) in [5.41, 5.74) is 1.25. The van der Waals surface area contributed by atoms with Gasteiger partial charge in [0, 0.05) is 47.9 Å². The van der Waals surface area contributed by atoms with Crippen molar-refractivity contribution in [2.45, 2.75) is 57.5 Å². The number of hydrogen-bond donors (Lipinski definition) is 2. The van der Waals surface area contributed by atoms with Crippen LogP contribution in [0.2, 0.25) is 0 Å². The lowest BCUT2D eigenvalue weighted by Gasteiger charge is -2.36. The average Bonchev–Trinajstić information content (AvgIpc) is 2.90. The van der Waals surface area contributed by atoms with Gasteiger partial charge in [-0.15, -0.1) is 0 Å². The molecule has 36 heavy (non-hydrogen) atoms. The Morgan fingerprint density at radius 3 is 2.31 bits per heavy atom. The fourth-order valence-corrected chi connectivity index (χ4v) is 5.12. The molecule has 1 saturated carbocycles. The summed E-state index contributed by atoms with van der Waals surface area (Å²) < 4.78 is 0. The summed E-state index contributed by atoms with van der Waals surface area (Å²) in [6.07, 6.45) is 4.89. The molecule has 2 aromatic rings. The van der Waals surface area contributed by atoms with E-state index in [1.165, 1.54) is 6.07 Å². The third kappa shape index (κ3) is 5.90. The van der Waals surface area contributed by atoms with Crippen molar-refractivity contribution in [3.05, 3.63) is 75.3 Å². The van der Waals surface area contributed by atoms with Crippen molar-refractivity contribution in [3.8, 4) is 0 Å². The van der Waals surface area contributed by atoms with Gasteiger partial charge in [0.2, 0.25) is 5.91 Å². The highest BCUT2D eigenvalue weighted by atomic mass is 16.6. The first-order valence-corrected chi connectivity index (χ1v) is 12.5. The summed E-state index contributed by atoms with van der Waals surface area (Å²) in [5, 5.41) is 17.5. The standard InChI is InChI=1S/C27H32N4O5/c1-18-13-14-20(16-24(18)31(35)36)27(34)30-15-7-10-21(17-30)26(33)29-23-12-6-5-11-22(23)28-25(32)19-8-3-2-4-9-19/h2-4,8-9,13-14,16,21-23H,5-7,10-12,15,17H2,1H3,(H,28,32)(H,29,33)/t21-,22+,23+/m0/s1. The molecule has 9 nitrogen and oxygen atoms in total. The molecule has 2 fully saturated rings. The van der Waals surface area contributed by atoms with E-state index in [-0.39, 0.29) is 53.5 Å². The second-order valence-electron chi connectivity index (χ2n) is 9.69. The Labute approximate surface area is 210 Å². The molecule has 0 aromatic heterocycles. The number of nitro groups is 1. The molecule has 3 atom stereocenters. The first kappa shape index (κ1) is 25.3. The van der Waals surface area contributed by atoms with Crippen LogP contribution in [-0.4, -0.2) is 52.7 Å². The van der Waals surface area contributed by atoms with Gasteiger partial charge in [0.25, 0.3) is 17.5 Å². The zero-order valence-electron chi connectivity index (χ0n) is 20.4. The maximum absolute atomic E-state index is 13.2. The van der Waals surface area contributed by atoms with E-state index in [9.17, 15) is 24.5 Å². The van der Waals surface area contributed by atoms with E-state index in [0.29, 0.717) is 30.5 Å². The van der Waals surface area contributed by atoms with Crippen molar-refractivity contribution in [3.63, 3.8) is 0 Å². The maximum atomic E-state index is 13.2. The number of likely N-dealkylation sites (tertiary alicyclic amines) is 1. The number of carbonyl (C=O) groups excluding carboxylic acids is 3. The number of nitrogens with one attached hydrogen (secondary N) is 2. The van der Waals surface area contributed by atoms with Gasteiger partial charge in [0.1, 0.15) is 0 Å². The lowest BCUT2D eigenvalue weighted by molar-refractivity contribution is -0.385. The molecule has 190 valence electrons. The number of rotatable bonds is 6. The van der Waals surface area contributed by atoms with E-state index in [4.69, 9.17) is 0 Å². The van der Waals surface area contributed by atoms with Gasteiger partial charge in [0.05, 0.1) is 10.8 Å². The number of amides is 3. The summed E-state index contributed by atoms with van der Waals surface area (Å²) in [7, 11) is 0. The van der Waals surface area contributed by atoms with E-state index in [2.05, 4.69) is 10.6 Å². The highest BCUT2D eigenvalue weighted by Gasteiger charge is 2.33. The summed E-state index contributed by atoms with van der Waals surface area (Å²) in [4.78, 5) is 51.4. The first-order valence-electron chi connectivity index (χ1n) is 12.5. The summed E-state index contributed by atoms with van der Waals surface area (Å²) in [5.74, 6) is -0.937. The number of piperidine rings is 1. The Bertz CT molecular complexity index is 1140. The first-order chi connectivity index (χ1) is 17.3. The van der Waals surface area contributed by atoms with E-state index >= 15 is 0 Å². The number of carbonyl (C=O) groups is 3. The molecular weight excluding hydrogens is 460 g/mol. The van der Waals surface area contributed by atoms with E-state index in [1.807, 2.05) is 18.2 Å². The van der Waals surface area contributed by atoms with Crippen LogP contribution in [-0.2, 0) is 4.79 Å². The zero-order valence-corrected chi connectivity index (χ0v) is 20.4. The molecule has 2 N–H and O–H groups in total. The van der Waals surface area contributed by atoms with Crippen molar-refractivity contribution in [1.29, 1.82) is 0 Å². The topological polar surface area (TPSA) is 122 Å². The quantitative estimate of drug-likeness (QED) is 0.471. The van der Waals surface area contributed by atoms with E-state index in [1.54, 1.807) is 36.1 Å². The van der Waals surface area contributed by atoms with Gasteiger partial charge in [-0.25, -0.2) is 0 Å². The summed E-state index contributed by atoms with van der Waals surface area (Å²) >= 11 is 0. The van der Waals surface area contributed by atoms with Gasteiger partial charge < -0.3 is 15.5 Å². The molecule has 3 amide bonds. The van der Waals surface area contributed by atoms with Gasteiger partial charge in [-0.05, 0) is 50.8 Å². The molecule has 1 aliphatic heterocycles. The normalized spacial score (nSPS) is 21.9. The highest BCUT2D eigenvalue weighted by molar-refractivity contribution is 5.96. The molecule has 0 spiro atoms. The van der Waals surface area contributed by atoms with Gasteiger partial charge in [0.15, 0.2) is 0 Å². The Kier molecular flexibility index (Phi) is 7.97. The van der Waals surface area contributed by atoms with Crippen LogP contribution < -0.4 is 10.6 Å². The molecule has 1 aliphatic carbocycles. The molecule has 9 heteroatoms. The fraction of sp³-hybridized carbons (Fsp3) is 0.444. The number of benzene rings is 2. The Balaban J connectivity index is 1.38. The Morgan fingerprint density at radius 2 is 1.61 bits per heavy atom. The van der Waals surface area contributed by atoms with Gasteiger partial charge in [-0.2, -0.15) is 0 Å². The number of aryl methyl sites for hydroxylation is 1. The van der Waals surface area contributed by atoms with Crippen LogP contribution in [0.4, 0.5) is 5.69 Å². The second-order valence-corrected chi connectivity index (χ2v) is 9.69. The van der Waals surface area contributed by atoms with Crippen LogP contribution in [0.25, 0.3) is 0 Å². The van der Waals surface area contributed by atoms with Gasteiger partial charge in [-0.3, -0.25) is 24.5 Å². The third-order valence-electron chi connectivity index (χ3n) is 7.18. The van der Waals surface area contributed by atoms with Gasteiger partial charge >= 0.3 is 0 Å². The highest BCUT2D eigenvalue weighted by Crippen LogP contribution is 2.25. The fourth-order valence-electron chi connectivity index (χ4n) is 5.12. The van der Waals surface area contributed by atoms with E-state index in [0.717, 1.165) is 25.7 Å². The maximum Gasteiger partial charge on any atom is 0.273 e. The molecule has 2 aliphatic rings. The van der Waals surface area contributed by atoms with Crippen molar-refractivity contribution in [1.82, 2.24) is 15.5 Å². The molecule has 4 rings (SSSR count). The minimum Gasteiger partial charge on any atom is -0.351 e. The monoisotopic (exact) mass is 492 g/mol. The molecule has 1 saturated heterocycles. The summed E-state index contributed by atoms with van der Waals surface area (Å²) in [6, 6.07) is 13.2. The molecular formula is C27H32N4O5. The van der Waals surface area contributed by atoms with Gasteiger partial charge in [-0.1, -0.05) is 37.1 Å². The Morgan fingerprint density at radius 1 is 0.917 bits per heavy atom. The minimum atomic E-state index is -0.490. The molecule has 2 aromatic carbocycles. The largest absolute Gasteiger partial charge is 0.351 e. The zero-order chi connectivity index (χ0) is 25.7. The van der Waals surface area contributed by atoms with Crippen molar-refractivity contribution < 1.29 is 19.3 Å². The molecule has 1 heterocycles. The molecule has 0 bridgehead atoms. The third-order valence-corrected chi connectivity index (χ3v) is 7.18. The number of nitro benzene ring substituents is 1. The van der Waals surface area contributed by atoms with E-state index < -0.39 is 4.92 Å². The molecule has 0 unspecified atom stereocenters. The van der Waals surface area contributed by atoms with Crippen LogP contribution in [0.15, 0.2) is 48.5 Å². The SMILES string of the molecule is Cc1ccc(C(=O)N2CCC[C@H](C(=O)N[C@@H]3CCCC[C@H]3NC(=O)c3ccccc3)C2)cc1[N+](=O)[O-]. The number of nitrogens with zero attached hydrogens (tertiary/aromatic N) is 2. The van der Waals surface area contributed by atoms with Crippen LogP contribution in [0.5, 0.6) is 0 Å². The van der Waals surface area contributed by atoms with Crippen molar-refractivity contribution in [2.75, 3.05) is 13.1 Å². The predicted octanol–water partition coefficient (Wildman–Crippen LogP) is 3.61. The van der Waals surface area contributed by atoms with Crippen molar-refractivity contribution >= 4 is 23.4 Å². The summed E-state index contributed by atoms with van der Waals surface area (Å²) in [6.45, 7) is 2.40. The van der Waals surface area contributed by atoms with Crippen LogP contribution >= 0.6 is 0 Å². The van der Waals surface area contributed by atoms with Crippen LogP contribution in [0, 0.1) is 23.0 Å². The predicted molar refractivity (Wildman–Crippen MR) is 135 cm³/mol. The lowest BCUT2D eigenvalue weighted by atomic mass is 9.88. The average molecular weight is 493 g/mol. The minimum absolute atomic E-state index is 0.0898. The van der Waals surface area contributed by atoms with Crippen LogP contribution in [0.1, 0.15) is 64.8 Å². The van der Waals surface area contributed by atoms with Crippen LogP contribution in [0.3, 0.4) is 0 Å². The second kappa shape index (κ2) is 11.3. The smallest absolute Gasteiger partial charge is 0.273 e. The number of hydrogen-bond acceptors (Lipinski definition) is 5. The van der Waals surface area contributed by atoms with Crippen molar-refractivity contribution in [2.24, 2.45) is 5.92 Å². The Hall–Kier alpha value is -3.75. The molecule has 0 radical (unpaired) electrons.